The number of rotatable bonds is 7. The molecule has 9 heteroatoms. The Kier molecular flexibility index (Phi) is 5.51. The summed E-state index contributed by atoms with van der Waals surface area (Å²) in [6.45, 7) is 0.504. The zero-order valence-corrected chi connectivity index (χ0v) is 15.0. The lowest BCUT2D eigenvalue weighted by Gasteiger charge is -2.11. The second kappa shape index (κ2) is 8.00. The summed E-state index contributed by atoms with van der Waals surface area (Å²) >= 11 is 0. The van der Waals surface area contributed by atoms with E-state index >= 15 is 0 Å². The van der Waals surface area contributed by atoms with Crippen molar-refractivity contribution in [2.75, 3.05) is 32.6 Å². The summed E-state index contributed by atoms with van der Waals surface area (Å²) in [6, 6.07) is 4.63. The first kappa shape index (κ1) is 18.6. The SMILES string of the molecule is CNC(=O)c1cn2c(-c3cc(F)nc(NCCCO)c3)cnc2cc1OC. The van der Waals surface area contributed by atoms with Crippen LogP contribution in [0, 0.1) is 5.95 Å². The van der Waals surface area contributed by atoms with Crippen LogP contribution in [0.4, 0.5) is 10.2 Å². The molecule has 3 aromatic rings. The topological polar surface area (TPSA) is 101 Å². The van der Waals surface area contributed by atoms with Crippen LogP contribution < -0.4 is 15.4 Å². The average Bonchev–Trinajstić information content (AvgIpc) is 3.09. The largest absolute Gasteiger partial charge is 0.496 e. The van der Waals surface area contributed by atoms with E-state index in [0.29, 0.717) is 47.0 Å². The first-order chi connectivity index (χ1) is 13.1. The number of nitrogens with one attached hydrogen (secondary N) is 2. The van der Waals surface area contributed by atoms with Crippen LogP contribution >= 0.6 is 0 Å². The monoisotopic (exact) mass is 373 g/mol. The molecule has 8 nitrogen and oxygen atoms in total. The molecule has 3 heterocycles. The molecule has 0 atom stereocenters. The van der Waals surface area contributed by atoms with E-state index < -0.39 is 5.95 Å². The third kappa shape index (κ3) is 3.82. The highest BCUT2D eigenvalue weighted by Gasteiger charge is 2.16. The molecular formula is C18H20FN5O3. The van der Waals surface area contributed by atoms with Crippen LogP contribution in [0.15, 0.2) is 30.6 Å². The highest BCUT2D eigenvalue weighted by molar-refractivity contribution is 5.97. The number of halogens is 1. The minimum absolute atomic E-state index is 0.0343. The highest BCUT2D eigenvalue weighted by atomic mass is 19.1. The summed E-state index contributed by atoms with van der Waals surface area (Å²) in [7, 11) is 3.01. The molecule has 0 unspecified atom stereocenters. The van der Waals surface area contributed by atoms with Crippen molar-refractivity contribution in [3.8, 4) is 17.0 Å². The molecule has 3 N–H and O–H groups in total. The number of aromatic nitrogens is 3. The van der Waals surface area contributed by atoms with Gasteiger partial charge in [0.2, 0.25) is 5.95 Å². The molecule has 3 rings (SSSR count). The molecule has 0 bridgehead atoms. The maximum absolute atomic E-state index is 14.0. The third-order valence-electron chi connectivity index (χ3n) is 4.03. The van der Waals surface area contributed by atoms with Crippen LogP contribution in [0.3, 0.4) is 0 Å². The number of anilines is 1. The van der Waals surface area contributed by atoms with Crippen molar-refractivity contribution < 1.29 is 19.0 Å². The van der Waals surface area contributed by atoms with E-state index in [1.54, 1.807) is 28.9 Å². The van der Waals surface area contributed by atoms with Crippen molar-refractivity contribution in [1.29, 1.82) is 0 Å². The number of aliphatic hydroxyl groups is 1. The van der Waals surface area contributed by atoms with Gasteiger partial charge in [-0.15, -0.1) is 0 Å². The number of carbonyl (C=O) groups excluding carboxylic acids is 1. The van der Waals surface area contributed by atoms with Gasteiger partial charge in [0.25, 0.3) is 5.91 Å². The molecule has 0 radical (unpaired) electrons. The zero-order valence-electron chi connectivity index (χ0n) is 15.0. The lowest BCUT2D eigenvalue weighted by atomic mass is 10.2. The molecule has 0 saturated carbocycles. The van der Waals surface area contributed by atoms with Crippen molar-refractivity contribution >= 4 is 17.4 Å². The first-order valence-electron chi connectivity index (χ1n) is 8.37. The van der Waals surface area contributed by atoms with Crippen LogP contribution in [0.1, 0.15) is 16.8 Å². The van der Waals surface area contributed by atoms with Crippen molar-refractivity contribution in [3.05, 3.63) is 42.1 Å². The Balaban J connectivity index is 2.08. The Morgan fingerprint density at radius 2 is 2.19 bits per heavy atom. The lowest BCUT2D eigenvalue weighted by Crippen LogP contribution is -2.19. The molecule has 0 saturated heterocycles. The molecule has 1 amide bonds. The molecule has 142 valence electrons. The minimum Gasteiger partial charge on any atom is -0.496 e. The summed E-state index contributed by atoms with van der Waals surface area (Å²) in [6.07, 6.45) is 3.72. The Morgan fingerprint density at radius 1 is 1.37 bits per heavy atom. The predicted octanol–water partition coefficient (Wildman–Crippen LogP) is 1.70. The molecule has 0 aliphatic carbocycles. The van der Waals surface area contributed by atoms with Crippen LogP contribution in [0.25, 0.3) is 16.9 Å². The van der Waals surface area contributed by atoms with Gasteiger partial charge in [-0.2, -0.15) is 4.39 Å². The number of imidazole rings is 1. The number of carbonyl (C=O) groups is 1. The number of pyridine rings is 2. The molecule has 0 fully saturated rings. The second-order valence-corrected chi connectivity index (χ2v) is 5.77. The van der Waals surface area contributed by atoms with Crippen LogP contribution in [-0.4, -0.2) is 52.7 Å². The Hall–Kier alpha value is -3.20. The van der Waals surface area contributed by atoms with Crippen LogP contribution in [-0.2, 0) is 0 Å². The number of methoxy groups -OCH3 is 1. The van der Waals surface area contributed by atoms with Gasteiger partial charge < -0.3 is 20.5 Å². The van der Waals surface area contributed by atoms with E-state index in [9.17, 15) is 9.18 Å². The fraction of sp³-hybridized carbons (Fsp3) is 0.278. The quantitative estimate of drug-likeness (QED) is 0.430. The van der Waals surface area contributed by atoms with Gasteiger partial charge in [-0.25, -0.2) is 9.97 Å². The lowest BCUT2D eigenvalue weighted by molar-refractivity contribution is 0.0959. The normalized spacial score (nSPS) is 10.8. The van der Waals surface area contributed by atoms with Gasteiger partial charge in [0.1, 0.15) is 17.2 Å². The Labute approximate surface area is 155 Å². The van der Waals surface area contributed by atoms with Gasteiger partial charge in [-0.3, -0.25) is 9.20 Å². The van der Waals surface area contributed by atoms with E-state index in [1.807, 2.05) is 0 Å². The molecule has 0 spiro atoms. The number of amides is 1. The first-order valence-corrected chi connectivity index (χ1v) is 8.37. The van der Waals surface area contributed by atoms with Crippen molar-refractivity contribution in [2.24, 2.45) is 0 Å². The summed E-state index contributed by atoms with van der Waals surface area (Å²) in [5.74, 6) is -0.200. The maximum Gasteiger partial charge on any atom is 0.256 e. The third-order valence-corrected chi connectivity index (χ3v) is 4.03. The predicted molar refractivity (Wildman–Crippen MR) is 98.5 cm³/mol. The van der Waals surface area contributed by atoms with Gasteiger partial charge in [0, 0.05) is 44.1 Å². The summed E-state index contributed by atoms with van der Waals surface area (Å²) in [5.41, 5.74) is 2.04. The number of fused-ring (bicyclic) bond motifs is 1. The molecular weight excluding hydrogens is 353 g/mol. The van der Waals surface area contributed by atoms with E-state index in [2.05, 4.69) is 20.6 Å². The van der Waals surface area contributed by atoms with Gasteiger partial charge >= 0.3 is 0 Å². The molecule has 0 aromatic carbocycles. The number of aliphatic hydroxyl groups excluding tert-OH is 1. The smallest absolute Gasteiger partial charge is 0.256 e. The summed E-state index contributed by atoms with van der Waals surface area (Å²) < 4.78 is 21.0. The van der Waals surface area contributed by atoms with Crippen molar-refractivity contribution in [2.45, 2.75) is 6.42 Å². The number of nitrogens with zero attached hydrogens (tertiary/aromatic N) is 3. The maximum atomic E-state index is 14.0. The molecule has 27 heavy (non-hydrogen) atoms. The van der Waals surface area contributed by atoms with E-state index in [4.69, 9.17) is 9.84 Å². The molecule has 0 aliphatic heterocycles. The van der Waals surface area contributed by atoms with Gasteiger partial charge in [0.05, 0.1) is 24.6 Å². The average molecular weight is 373 g/mol. The van der Waals surface area contributed by atoms with Crippen LogP contribution in [0.2, 0.25) is 0 Å². The minimum atomic E-state index is -0.644. The van der Waals surface area contributed by atoms with Gasteiger partial charge in [-0.1, -0.05) is 0 Å². The number of hydrogen-bond donors (Lipinski definition) is 3. The van der Waals surface area contributed by atoms with Crippen molar-refractivity contribution in [3.63, 3.8) is 0 Å². The fourth-order valence-electron chi connectivity index (χ4n) is 2.72. The van der Waals surface area contributed by atoms with E-state index in [0.717, 1.165) is 0 Å². The summed E-state index contributed by atoms with van der Waals surface area (Å²) in [5, 5.41) is 14.4. The zero-order chi connectivity index (χ0) is 19.4. The van der Waals surface area contributed by atoms with Crippen LogP contribution in [0.5, 0.6) is 5.75 Å². The number of hydrogen-bond acceptors (Lipinski definition) is 6. The standard InChI is InChI=1S/C18H20FN5O3/c1-20-18(26)12-10-24-13(9-22-17(24)8-14(12)27-2)11-6-15(19)23-16(7-11)21-4-3-5-25/h6-10,25H,3-5H2,1-2H3,(H,20,26)(H,21,23). The highest BCUT2D eigenvalue weighted by Crippen LogP contribution is 2.27. The Morgan fingerprint density at radius 3 is 2.89 bits per heavy atom. The van der Waals surface area contributed by atoms with Crippen molar-refractivity contribution in [1.82, 2.24) is 19.7 Å². The summed E-state index contributed by atoms with van der Waals surface area (Å²) in [4.78, 5) is 20.3. The van der Waals surface area contributed by atoms with E-state index in [1.165, 1.54) is 20.2 Å². The molecule has 0 aliphatic rings. The number of ether oxygens (including phenoxy) is 1. The van der Waals surface area contributed by atoms with Gasteiger partial charge in [0.15, 0.2) is 0 Å². The van der Waals surface area contributed by atoms with E-state index in [-0.39, 0.29) is 12.5 Å². The second-order valence-electron chi connectivity index (χ2n) is 5.77. The molecule has 3 aromatic heterocycles. The Bertz CT molecular complexity index is 973. The van der Waals surface area contributed by atoms with Gasteiger partial charge in [-0.05, 0) is 12.5 Å². The fourth-order valence-corrected chi connectivity index (χ4v) is 2.72.